The zero-order chi connectivity index (χ0) is 14.1. The Bertz CT molecular complexity index is 591. The highest BCUT2D eigenvalue weighted by Crippen LogP contribution is 2.26. The molecule has 0 spiro atoms. The number of anilines is 1. The molecule has 1 aromatic carbocycles. The van der Waals surface area contributed by atoms with E-state index >= 15 is 0 Å². The lowest BCUT2D eigenvalue weighted by Crippen LogP contribution is -2.36. The Morgan fingerprint density at radius 2 is 1.75 bits per heavy atom. The van der Waals surface area contributed by atoms with Crippen molar-refractivity contribution in [3.63, 3.8) is 0 Å². The van der Waals surface area contributed by atoms with E-state index in [0.29, 0.717) is 0 Å². The quantitative estimate of drug-likeness (QED) is 0.911. The molecule has 0 aliphatic carbocycles. The molecule has 1 aromatic heterocycles. The highest BCUT2D eigenvalue weighted by Gasteiger charge is 2.17. The number of H-pyrrole nitrogens is 1. The number of aryl methyl sites for hydroxylation is 3. The van der Waals surface area contributed by atoms with Gasteiger partial charge in [-0.15, -0.1) is 5.10 Å². The van der Waals surface area contributed by atoms with Gasteiger partial charge in [-0.3, -0.25) is 5.10 Å². The second-order valence-corrected chi connectivity index (χ2v) is 5.36. The molecule has 1 aliphatic rings. The van der Waals surface area contributed by atoms with Crippen LogP contribution in [0.1, 0.15) is 16.7 Å². The van der Waals surface area contributed by atoms with Crippen LogP contribution >= 0.6 is 0 Å². The second-order valence-electron chi connectivity index (χ2n) is 5.36. The molecule has 1 N–H and O–H groups in total. The molecule has 2 heterocycles. The van der Waals surface area contributed by atoms with Crippen LogP contribution in [0.4, 0.5) is 5.95 Å². The van der Waals surface area contributed by atoms with Crippen LogP contribution in [0.25, 0.3) is 11.4 Å². The predicted molar refractivity (Wildman–Crippen MR) is 79.1 cm³/mol. The molecule has 1 saturated heterocycles. The molecular weight excluding hydrogens is 252 g/mol. The van der Waals surface area contributed by atoms with Crippen LogP contribution in [0.3, 0.4) is 0 Å². The standard InChI is InChI=1S/C15H20N4O/c1-10-8-11(2)13(12(3)9-10)14-16-15(18-17-14)19-4-6-20-7-5-19/h8-9H,4-7H2,1-3H3,(H,16,17,18). The first-order chi connectivity index (χ1) is 9.65. The number of aromatic amines is 1. The Balaban J connectivity index is 1.94. The van der Waals surface area contributed by atoms with E-state index in [-0.39, 0.29) is 0 Å². The largest absolute Gasteiger partial charge is 0.378 e. The number of nitrogens with one attached hydrogen (secondary N) is 1. The van der Waals surface area contributed by atoms with E-state index in [1.165, 1.54) is 16.7 Å². The van der Waals surface area contributed by atoms with E-state index in [1.807, 2.05) is 0 Å². The van der Waals surface area contributed by atoms with E-state index in [2.05, 4.69) is 53.0 Å². The molecule has 2 aromatic rings. The summed E-state index contributed by atoms with van der Waals surface area (Å²) >= 11 is 0. The Hall–Kier alpha value is -1.88. The molecule has 20 heavy (non-hydrogen) atoms. The molecule has 5 nitrogen and oxygen atoms in total. The van der Waals surface area contributed by atoms with E-state index in [0.717, 1.165) is 43.6 Å². The summed E-state index contributed by atoms with van der Waals surface area (Å²) in [5.74, 6) is 1.61. The fourth-order valence-electron chi connectivity index (χ4n) is 2.82. The number of rotatable bonds is 2. The van der Waals surface area contributed by atoms with Gasteiger partial charge < -0.3 is 9.64 Å². The highest BCUT2D eigenvalue weighted by atomic mass is 16.5. The number of hydrogen-bond donors (Lipinski definition) is 1. The third kappa shape index (κ3) is 2.41. The first-order valence-corrected chi connectivity index (χ1v) is 6.98. The maximum absolute atomic E-state index is 5.36. The summed E-state index contributed by atoms with van der Waals surface area (Å²) in [5.41, 5.74) is 4.89. The summed E-state index contributed by atoms with van der Waals surface area (Å²) in [5, 5.41) is 7.43. The summed E-state index contributed by atoms with van der Waals surface area (Å²) in [6, 6.07) is 4.36. The molecular formula is C15H20N4O. The van der Waals surface area contributed by atoms with Gasteiger partial charge in [0.1, 0.15) is 0 Å². The van der Waals surface area contributed by atoms with Crippen molar-refractivity contribution in [1.82, 2.24) is 15.2 Å². The average Bonchev–Trinajstić information content (AvgIpc) is 2.88. The molecule has 0 bridgehead atoms. The number of morpholine rings is 1. The average molecular weight is 272 g/mol. The number of aromatic nitrogens is 3. The number of nitrogens with zero attached hydrogens (tertiary/aromatic N) is 3. The van der Waals surface area contributed by atoms with Gasteiger partial charge in [-0.05, 0) is 31.9 Å². The van der Waals surface area contributed by atoms with Crippen LogP contribution in [0.2, 0.25) is 0 Å². The fourth-order valence-corrected chi connectivity index (χ4v) is 2.82. The summed E-state index contributed by atoms with van der Waals surface area (Å²) < 4.78 is 5.36. The van der Waals surface area contributed by atoms with Crippen molar-refractivity contribution < 1.29 is 4.74 Å². The highest BCUT2D eigenvalue weighted by molar-refractivity contribution is 5.66. The van der Waals surface area contributed by atoms with Crippen LogP contribution in [0.15, 0.2) is 12.1 Å². The van der Waals surface area contributed by atoms with Gasteiger partial charge in [0.05, 0.1) is 13.2 Å². The second kappa shape index (κ2) is 5.25. The number of hydrogen-bond acceptors (Lipinski definition) is 4. The van der Waals surface area contributed by atoms with Gasteiger partial charge in [-0.25, -0.2) is 0 Å². The Morgan fingerprint density at radius 1 is 1.10 bits per heavy atom. The molecule has 1 aliphatic heterocycles. The van der Waals surface area contributed by atoms with Gasteiger partial charge in [0.15, 0.2) is 5.82 Å². The van der Waals surface area contributed by atoms with Crippen molar-refractivity contribution in [2.45, 2.75) is 20.8 Å². The molecule has 0 saturated carbocycles. The number of ether oxygens (including phenoxy) is 1. The summed E-state index contributed by atoms with van der Waals surface area (Å²) in [6.07, 6.45) is 0. The van der Waals surface area contributed by atoms with E-state index in [4.69, 9.17) is 4.74 Å². The van der Waals surface area contributed by atoms with Crippen molar-refractivity contribution in [1.29, 1.82) is 0 Å². The maximum Gasteiger partial charge on any atom is 0.245 e. The molecule has 0 atom stereocenters. The zero-order valence-corrected chi connectivity index (χ0v) is 12.2. The van der Waals surface area contributed by atoms with Crippen LogP contribution in [0.5, 0.6) is 0 Å². The SMILES string of the molecule is Cc1cc(C)c(-c2nc(N3CCOCC3)n[nH]2)c(C)c1. The summed E-state index contributed by atoms with van der Waals surface area (Å²) in [7, 11) is 0. The molecule has 0 radical (unpaired) electrons. The minimum Gasteiger partial charge on any atom is -0.378 e. The van der Waals surface area contributed by atoms with E-state index in [1.54, 1.807) is 0 Å². The molecule has 0 amide bonds. The lowest BCUT2D eigenvalue weighted by Gasteiger charge is -2.25. The summed E-state index contributed by atoms with van der Waals surface area (Å²) in [6.45, 7) is 9.53. The van der Waals surface area contributed by atoms with Crippen LogP contribution in [-0.4, -0.2) is 41.5 Å². The van der Waals surface area contributed by atoms with Crippen molar-refractivity contribution in [3.8, 4) is 11.4 Å². The third-order valence-electron chi connectivity index (χ3n) is 3.68. The fraction of sp³-hybridized carbons (Fsp3) is 0.467. The normalized spacial score (nSPS) is 15.7. The topological polar surface area (TPSA) is 54.0 Å². The third-order valence-corrected chi connectivity index (χ3v) is 3.68. The minimum atomic E-state index is 0.743. The van der Waals surface area contributed by atoms with E-state index in [9.17, 15) is 0 Å². The molecule has 5 heteroatoms. The maximum atomic E-state index is 5.36. The lowest BCUT2D eigenvalue weighted by atomic mass is 9.99. The molecule has 106 valence electrons. The van der Waals surface area contributed by atoms with E-state index < -0.39 is 0 Å². The summed E-state index contributed by atoms with van der Waals surface area (Å²) in [4.78, 5) is 6.81. The zero-order valence-electron chi connectivity index (χ0n) is 12.2. The molecule has 0 unspecified atom stereocenters. The monoisotopic (exact) mass is 272 g/mol. The number of benzene rings is 1. The van der Waals surface area contributed by atoms with Gasteiger partial charge >= 0.3 is 0 Å². The molecule has 1 fully saturated rings. The smallest absolute Gasteiger partial charge is 0.245 e. The lowest BCUT2D eigenvalue weighted by molar-refractivity contribution is 0.122. The van der Waals surface area contributed by atoms with Gasteiger partial charge in [0.25, 0.3) is 0 Å². The van der Waals surface area contributed by atoms with Gasteiger partial charge in [-0.1, -0.05) is 17.7 Å². The van der Waals surface area contributed by atoms with Crippen molar-refractivity contribution in [2.24, 2.45) is 0 Å². The van der Waals surface area contributed by atoms with Crippen molar-refractivity contribution in [3.05, 3.63) is 28.8 Å². The van der Waals surface area contributed by atoms with Crippen molar-refractivity contribution in [2.75, 3.05) is 31.2 Å². The van der Waals surface area contributed by atoms with Gasteiger partial charge in [0.2, 0.25) is 5.95 Å². The predicted octanol–water partition coefficient (Wildman–Crippen LogP) is 2.23. The van der Waals surface area contributed by atoms with Crippen molar-refractivity contribution >= 4 is 5.95 Å². The Morgan fingerprint density at radius 3 is 2.40 bits per heavy atom. The first kappa shape index (κ1) is 13.1. The van der Waals surface area contributed by atoms with Crippen LogP contribution < -0.4 is 4.90 Å². The minimum absolute atomic E-state index is 0.743. The van der Waals surface area contributed by atoms with Gasteiger partial charge in [-0.2, -0.15) is 4.98 Å². The van der Waals surface area contributed by atoms with Crippen LogP contribution in [-0.2, 0) is 4.74 Å². The Labute approximate surface area is 119 Å². The molecule has 3 rings (SSSR count). The first-order valence-electron chi connectivity index (χ1n) is 6.98. The Kier molecular flexibility index (Phi) is 3.44. The van der Waals surface area contributed by atoms with Crippen LogP contribution in [0, 0.1) is 20.8 Å². The van der Waals surface area contributed by atoms with Gasteiger partial charge in [0, 0.05) is 18.7 Å².